The Morgan fingerprint density at radius 2 is 2.18 bits per heavy atom. The minimum absolute atomic E-state index is 0.0156. The fourth-order valence-electron chi connectivity index (χ4n) is 2.14. The fourth-order valence-corrected chi connectivity index (χ4v) is 2.14. The molecule has 1 unspecified atom stereocenters. The van der Waals surface area contributed by atoms with Crippen LogP contribution in [0.1, 0.15) is 16.8 Å². The van der Waals surface area contributed by atoms with Crippen LogP contribution in [0.4, 0.5) is 13.2 Å². The predicted octanol–water partition coefficient (Wildman–Crippen LogP) is 1.57. The zero-order valence-corrected chi connectivity index (χ0v) is 11.3. The molecule has 0 saturated carbocycles. The van der Waals surface area contributed by atoms with E-state index in [0.29, 0.717) is 6.42 Å². The highest BCUT2D eigenvalue weighted by Gasteiger charge is 2.33. The van der Waals surface area contributed by atoms with Crippen LogP contribution in [0, 0.1) is 5.92 Å². The van der Waals surface area contributed by atoms with Crippen LogP contribution in [0.25, 0.3) is 0 Å². The maximum absolute atomic E-state index is 12.3. The molecule has 1 saturated heterocycles. The number of ether oxygens (including phenoxy) is 1. The van der Waals surface area contributed by atoms with Gasteiger partial charge in [-0.3, -0.25) is 9.59 Å². The number of likely N-dealkylation sites (tertiary alicyclic amines) is 1. The minimum atomic E-state index is -4.54. The number of hydrogen-bond acceptors (Lipinski definition) is 4. The lowest BCUT2D eigenvalue weighted by Crippen LogP contribution is -2.31. The molecule has 0 aromatic carbocycles. The Morgan fingerprint density at radius 3 is 2.77 bits per heavy atom. The zero-order valence-electron chi connectivity index (χ0n) is 11.3. The number of halogens is 3. The van der Waals surface area contributed by atoms with E-state index < -0.39 is 36.5 Å². The lowest BCUT2D eigenvalue weighted by atomic mass is 10.1. The average molecular weight is 318 g/mol. The van der Waals surface area contributed by atoms with E-state index in [9.17, 15) is 22.8 Å². The van der Waals surface area contributed by atoms with Gasteiger partial charge in [0.05, 0.1) is 5.92 Å². The third-order valence-corrected chi connectivity index (χ3v) is 3.20. The first-order valence-corrected chi connectivity index (χ1v) is 6.44. The van der Waals surface area contributed by atoms with Crippen molar-refractivity contribution < 1.29 is 32.6 Å². The van der Waals surface area contributed by atoms with Crippen molar-refractivity contribution in [1.29, 1.82) is 0 Å². The van der Waals surface area contributed by atoms with Gasteiger partial charge in [-0.25, -0.2) is 4.98 Å². The molecule has 0 aliphatic carbocycles. The smallest absolute Gasteiger partial charge is 0.422 e. The average Bonchev–Trinajstić information content (AvgIpc) is 2.94. The Labute approximate surface area is 123 Å². The van der Waals surface area contributed by atoms with Crippen molar-refractivity contribution in [2.45, 2.75) is 12.6 Å². The van der Waals surface area contributed by atoms with Gasteiger partial charge in [-0.2, -0.15) is 13.2 Å². The highest BCUT2D eigenvalue weighted by molar-refractivity contribution is 5.96. The Hall–Kier alpha value is -2.32. The van der Waals surface area contributed by atoms with Gasteiger partial charge in [-0.15, -0.1) is 0 Å². The number of carbonyl (C=O) groups is 2. The fraction of sp³-hybridized carbons (Fsp3) is 0.462. The molecule has 0 spiro atoms. The van der Waals surface area contributed by atoms with Gasteiger partial charge >= 0.3 is 12.1 Å². The van der Waals surface area contributed by atoms with E-state index >= 15 is 0 Å². The second-order valence-corrected chi connectivity index (χ2v) is 4.83. The third kappa shape index (κ3) is 3.86. The molecule has 1 aromatic rings. The summed E-state index contributed by atoms with van der Waals surface area (Å²) in [7, 11) is 0. The van der Waals surface area contributed by atoms with E-state index in [0.717, 1.165) is 0 Å². The minimum Gasteiger partial charge on any atom is -0.481 e. The lowest BCUT2D eigenvalue weighted by Gasteiger charge is -2.18. The number of carboxylic acids is 1. The number of carbonyl (C=O) groups excluding carboxylic acids is 1. The van der Waals surface area contributed by atoms with Crippen LogP contribution >= 0.6 is 0 Å². The van der Waals surface area contributed by atoms with Crippen LogP contribution in [0.5, 0.6) is 5.88 Å². The van der Waals surface area contributed by atoms with Crippen LogP contribution in [0.2, 0.25) is 0 Å². The van der Waals surface area contributed by atoms with Crippen molar-refractivity contribution in [3.8, 4) is 5.88 Å². The summed E-state index contributed by atoms with van der Waals surface area (Å²) in [6.45, 7) is -1.31. The van der Waals surface area contributed by atoms with Crippen molar-refractivity contribution >= 4 is 11.9 Å². The normalized spacial score (nSPS) is 18.3. The van der Waals surface area contributed by atoms with E-state index in [-0.39, 0.29) is 18.7 Å². The highest BCUT2D eigenvalue weighted by atomic mass is 19.4. The molecule has 6 nitrogen and oxygen atoms in total. The van der Waals surface area contributed by atoms with E-state index in [1.165, 1.54) is 23.2 Å². The standard InChI is InChI=1S/C13H13F3N2O4/c14-13(15,16)7-22-10-9(2-1-4-17-10)11(19)18-5-3-8(6-18)12(20)21/h1-2,4,8H,3,5-7H2,(H,20,21). The van der Waals surface area contributed by atoms with Crippen LogP contribution in [-0.4, -0.2) is 52.7 Å². The van der Waals surface area contributed by atoms with Crippen molar-refractivity contribution in [3.63, 3.8) is 0 Å². The number of aromatic nitrogens is 1. The molecule has 0 radical (unpaired) electrons. The van der Waals surface area contributed by atoms with Gasteiger partial charge in [0.15, 0.2) is 6.61 Å². The molecule has 1 aliphatic heterocycles. The maximum Gasteiger partial charge on any atom is 0.422 e. The van der Waals surface area contributed by atoms with Crippen LogP contribution in [-0.2, 0) is 4.79 Å². The maximum atomic E-state index is 12.3. The van der Waals surface area contributed by atoms with Crippen LogP contribution in [0.3, 0.4) is 0 Å². The zero-order chi connectivity index (χ0) is 16.3. The third-order valence-electron chi connectivity index (χ3n) is 3.20. The summed E-state index contributed by atoms with van der Waals surface area (Å²) in [5.41, 5.74) is -0.113. The number of alkyl halides is 3. The van der Waals surface area contributed by atoms with Gasteiger partial charge in [0.1, 0.15) is 5.56 Å². The number of rotatable bonds is 4. The van der Waals surface area contributed by atoms with Gasteiger partial charge in [-0.05, 0) is 18.6 Å². The summed E-state index contributed by atoms with van der Waals surface area (Å²) < 4.78 is 41.2. The predicted molar refractivity (Wildman–Crippen MR) is 67.4 cm³/mol. The van der Waals surface area contributed by atoms with Crippen molar-refractivity contribution in [2.75, 3.05) is 19.7 Å². The summed E-state index contributed by atoms with van der Waals surface area (Å²) in [5.74, 6) is -2.67. The Morgan fingerprint density at radius 1 is 1.45 bits per heavy atom. The largest absolute Gasteiger partial charge is 0.481 e. The van der Waals surface area contributed by atoms with E-state index in [4.69, 9.17) is 5.11 Å². The first-order valence-electron chi connectivity index (χ1n) is 6.44. The van der Waals surface area contributed by atoms with E-state index in [1.54, 1.807) is 0 Å². The topological polar surface area (TPSA) is 79.7 Å². The number of nitrogens with zero attached hydrogens (tertiary/aromatic N) is 2. The molecule has 2 rings (SSSR count). The monoisotopic (exact) mass is 318 g/mol. The van der Waals surface area contributed by atoms with Gasteiger partial charge in [0.2, 0.25) is 5.88 Å². The first kappa shape index (κ1) is 16.1. The molecule has 120 valence electrons. The Bertz CT molecular complexity index is 577. The van der Waals surface area contributed by atoms with Gasteiger partial charge in [0.25, 0.3) is 5.91 Å². The quantitative estimate of drug-likeness (QED) is 0.911. The van der Waals surface area contributed by atoms with Gasteiger partial charge in [0, 0.05) is 19.3 Å². The molecular formula is C13H13F3N2O4. The lowest BCUT2D eigenvalue weighted by molar-refractivity contribution is -0.154. The number of aliphatic carboxylic acids is 1. The first-order chi connectivity index (χ1) is 10.3. The van der Waals surface area contributed by atoms with E-state index in [1.807, 2.05) is 0 Å². The molecule has 2 heterocycles. The molecule has 1 fully saturated rings. The second-order valence-electron chi connectivity index (χ2n) is 4.83. The number of carboxylic acid groups (broad SMARTS) is 1. The molecule has 1 N–H and O–H groups in total. The molecule has 9 heteroatoms. The summed E-state index contributed by atoms with van der Waals surface area (Å²) in [4.78, 5) is 28.1. The Balaban J connectivity index is 2.12. The molecule has 1 aliphatic rings. The number of pyridine rings is 1. The molecule has 22 heavy (non-hydrogen) atoms. The van der Waals surface area contributed by atoms with Gasteiger partial charge < -0.3 is 14.7 Å². The van der Waals surface area contributed by atoms with Crippen LogP contribution < -0.4 is 4.74 Å². The molecule has 0 bridgehead atoms. The number of hydrogen-bond donors (Lipinski definition) is 1. The SMILES string of the molecule is O=C(O)C1CCN(C(=O)c2cccnc2OCC(F)(F)F)C1. The number of amides is 1. The summed E-state index contributed by atoms with van der Waals surface area (Å²) >= 11 is 0. The van der Waals surface area contributed by atoms with Crippen molar-refractivity contribution in [3.05, 3.63) is 23.9 Å². The second kappa shape index (κ2) is 6.20. The molecular weight excluding hydrogens is 305 g/mol. The van der Waals surface area contributed by atoms with E-state index in [2.05, 4.69) is 9.72 Å². The van der Waals surface area contributed by atoms with Crippen LogP contribution in [0.15, 0.2) is 18.3 Å². The van der Waals surface area contributed by atoms with Crippen molar-refractivity contribution in [1.82, 2.24) is 9.88 Å². The summed E-state index contributed by atoms with van der Waals surface area (Å²) in [6.07, 6.45) is -3.02. The highest BCUT2D eigenvalue weighted by Crippen LogP contribution is 2.24. The molecule has 1 atom stereocenters. The molecule has 1 amide bonds. The van der Waals surface area contributed by atoms with Crippen molar-refractivity contribution in [2.24, 2.45) is 5.92 Å². The molecule has 1 aromatic heterocycles. The summed E-state index contributed by atoms with van der Waals surface area (Å²) in [6, 6.07) is 2.70. The Kier molecular flexibility index (Phi) is 4.53. The van der Waals surface area contributed by atoms with Gasteiger partial charge in [-0.1, -0.05) is 0 Å². The summed E-state index contributed by atoms with van der Waals surface area (Å²) in [5, 5.41) is 8.91.